The minimum absolute atomic E-state index is 0.169. The van der Waals surface area contributed by atoms with Gasteiger partial charge in [0.25, 0.3) is 0 Å². The fraction of sp³-hybridized carbons (Fsp3) is 0.217. The summed E-state index contributed by atoms with van der Waals surface area (Å²) in [5, 5.41) is 9.73. The molecule has 3 aromatic rings. The Hall–Kier alpha value is -3.07. The summed E-state index contributed by atoms with van der Waals surface area (Å²) < 4.78 is 17.0. The molecule has 29 heavy (non-hydrogen) atoms. The number of ether oxygens (including phenoxy) is 3. The maximum Gasteiger partial charge on any atom is 0.147 e. The summed E-state index contributed by atoms with van der Waals surface area (Å²) in [5.74, 6) is 1.27. The third kappa shape index (κ3) is 5.26. The number of pyridine rings is 1. The fourth-order valence-electron chi connectivity index (χ4n) is 2.90. The third-order valence-electron chi connectivity index (χ3n) is 4.29. The Balaban J connectivity index is 1.77. The molecule has 1 heterocycles. The average molecular weight is 409 g/mol. The lowest BCUT2D eigenvalue weighted by Crippen LogP contribution is -2.07. The number of nitriles is 1. The first-order chi connectivity index (χ1) is 14.1. The number of rotatable bonds is 8. The van der Waals surface area contributed by atoms with Crippen LogP contribution in [0.1, 0.15) is 16.8 Å². The quantitative estimate of drug-likeness (QED) is 0.379. The number of aryl methyl sites for hydroxylation is 1. The Bertz CT molecular complexity index is 1020. The molecule has 0 saturated heterocycles. The van der Waals surface area contributed by atoms with Gasteiger partial charge in [-0.1, -0.05) is 41.9 Å². The number of hydrogen-bond acceptors (Lipinski definition) is 5. The topological polar surface area (TPSA) is 64.4 Å². The predicted octanol–water partition coefficient (Wildman–Crippen LogP) is 5.19. The van der Waals surface area contributed by atoms with Gasteiger partial charge in [-0.2, -0.15) is 5.26 Å². The lowest BCUT2D eigenvalue weighted by molar-refractivity contribution is 0.0891. The zero-order chi connectivity index (χ0) is 20.6. The van der Waals surface area contributed by atoms with Crippen LogP contribution in [0.2, 0.25) is 5.15 Å². The van der Waals surface area contributed by atoms with Crippen LogP contribution >= 0.6 is 11.6 Å². The van der Waals surface area contributed by atoms with Crippen molar-refractivity contribution in [3.8, 4) is 28.7 Å². The molecule has 0 atom stereocenters. The second kappa shape index (κ2) is 9.92. The Morgan fingerprint density at radius 1 is 1.03 bits per heavy atom. The van der Waals surface area contributed by atoms with Gasteiger partial charge in [0.15, 0.2) is 0 Å². The van der Waals surface area contributed by atoms with E-state index in [4.69, 9.17) is 25.8 Å². The van der Waals surface area contributed by atoms with Crippen molar-refractivity contribution in [2.45, 2.75) is 13.5 Å². The molecule has 6 heteroatoms. The summed E-state index contributed by atoms with van der Waals surface area (Å²) in [6, 6.07) is 19.4. The Morgan fingerprint density at radius 2 is 1.83 bits per heavy atom. The van der Waals surface area contributed by atoms with E-state index in [1.165, 1.54) is 0 Å². The van der Waals surface area contributed by atoms with Gasteiger partial charge in [0, 0.05) is 16.8 Å². The molecule has 0 aliphatic rings. The first-order valence-electron chi connectivity index (χ1n) is 9.12. The molecule has 0 saturated carbocycles. The lowest BCUT2D eigenvalue weighted by Gasteiger charge is -2.15. The molecule has 0 radical (unpaired) electrons. The van der Waals surface area contributed by atoms with E-state index in [0.717, 1.165) is 11.1 Å². The maximum atomic E-state index is 9.56. The minimum atomic E-state index is 0.169. The molecule has 0 fully saturated rings. The summed E-state index contributed by atoms with van der Waals surface area (Å²) in [4.78, 5) is 4.17. The molecule has 1 aromatic heterocycles. The van der Waals surface area contributed by atoms with Crippen LogP contribution in [0.5, 0.6) is 11.5 Å². The summed E-state index contributed by atoms with van der Waals surface area (Å²) in [5.41, 5.74) is 3.50. The summed E-state index contributed by atoms with van der Waals surface area (Å²) in [7, 11) is 1.59. The molecule has 0 spiro atoms. The highest BCUT2D eigenvalue weighted by Gasteiger charge is 2.16. The van der Waals surface area contributed by atoms with Crippen molar-refractivity contribution in [1.82, 2.24) is 4.98 Å². The van der Waals surface area contributed by atoms with Gasteiger partial charge in [0.1, 0.15) is 29.3 Å². The Labute approximate surface area is 175 Å². The predicted molar refractivity (Wildman–Crippen MR) is 112 cm³/mol. The van der Waals surface area contributed by atoms with E-state index in [1.54, 1.807) is 7.11 Å². The van der Waals surface area contributed by atoms with E-state index in [2.05, 4.69) is 11.1 Å². The van der Waals surface area contributed by atoms with Crippen LogP contribution in [0.3, 0.4) is 0 Å². The van der Waals surface area contributed by atoms with Crippen LogP contribution in [0.25, 0.3) is 11.1 Å². The summed E-state index contributed by atoms with van der Waals surface area (Å²) >= 11 is 6.19. The zero-order valence-electron chi connectivity index (χ0n) is 16.3. The van der Waals surface area contributed by atoms with Gasteiger partial charge in [-0.05, 0) is 36.8 Å². The molecule has 2 aromatic carbocycles. The highest BCUT2D eigenvalue weighted by Crippen LogP contribution is 2.37. The standard InChI is InChI=1S/C23H21ClN2O3/c1-16-12-19(21(14-25)23(24)26-16)20-13-18(27-2)8-9-22(20)29-11-10-28-15-17-6-4-3-5-7-17/h3-9,12-13H,10-11,15H2,1-2H3. The molecule has 0 aliphatic carbocycles. The fourth-order valence-corrected chi connectivity index (χ4v) is 3.18. The first kappa shape index (κ1) is 20.7. The Morgan fingerprint density at radius 3 is 2.55 bits per heavy atom. The van der Waals surface area contributed by atoms with Crippen LogP contribution in [0.4, 0.5) is 0 Å². The van der Waals surface area contributed by atoms with Crippen LogP contribution in [0.15, 0.2) is 54.6 Å². The third-order valence-corrected chi connectivity index (χ3v) is 4.56. The van der Waals surface area contributed by atoms with Gasteiger partial charge in [0.2, 0.25) is 0 Å². The van der Waals surface area contributed by atoms with Crippen molar-refractivity contribution >= 4 is 11.6 Å². The average Bonchev–Trinajstić information content (AvgIpc) is 2.74. The van der Waals surface area contributed by atoms with E-state index in [9.17, 15) is 5.26 Å². The molecule has 148 valence electrons. The van der Waals surface area contributed by atoms with Crippen molar-refractivity contribution in [2.75, 3.05) is 20.3 Å². The van der Waals surface area contributed by atoms with Gasteiger partial charge >= 0.3 is 0 Å². The van der Waals surface area contributed by atoms with Gasteiger partial charge in [0.05, 0.1) is 25.9 Å². The monoisotopic (exact) mass is 408 g/mol. The van der Waals surface area contributed by atoms with Crippen LogP contribution < -0.4 is 9.47 Å². The first-order valence-corrected chi connectivity index (χ1v) is 9.50. The van der Waals surface area contributed by atoms with E-state index >= 15 is 0 Å². The number of nitrogens with zero attached hydrogens (tertiary/aromatic N) is 2. The maximum absolute atomic E-state index is 9.56. The number of benzene rings is 2. The summed E-state index contributed by atoms with van der Waals surface area (Å²) in [6.45, 7) is 3.15. The van der Waals surface area contributed by atoms with Crippen molar-refractivity contribution in [3.05, 3.63) is 76.6 Å². The molecular formula is C23H21ClN2O3. The van der Waals surface area contributed by atoms with E-state index in [1.807, 2.05) is 61.5 Å². The smallest absolute Gasteiger partial charge is 0.147 e. The number of methoxy groups -OCH3 is 1. The summed E-state index contributed by atoms with van der Waals surface area (Å²) in [6.07, 6.45) is 0. The van der Waals surface area contributed by atoms with Gasteiger partial charge in [-0.25, -0.2) is 4.98 Å². The largest absolute Gasteiger partial charge is 0.497 e. The molecule has 0 N–H and O–H groups in total. The van der Waals surface area contributed by atoms with Crippen molar-refractivity contribution in [1.29, 1.82) is 5.26 Å². The van der Waals surface area contributed by atoms with Gasteiger partial charge < -0.3 is 14.2 Å². The highest BCUT2D eigenvalue weighted by atomic mass is 35.5. The van der Waals surface area contributed by atoms with Crippen LogP contribution in [-0.2, 0) is 11.3 Å². The second-order valence-corrected chi connectivity index (χ2v) is 6.70. The van der Waals surface area contributed by atoms with Crippen LogP contribution in [0, 0.1) is 18.3 Å². The second-order valence-electron chi connectivity index (χ2n) is 6.34. The SMILES string of the molecule is COc1ccc(OCCOCc2ccccc2)c(-c2cc(C)nc(Cl)c2C#N)c1. The normalized spacial score (nSPS) is 10.4. The molecular weight excluding hydrogens is 388 g/mol. The zero-order valence-corrected chi connectivity index (χ0v) is 17.1. The van der Waals surface area contributed by atoms with Crippen molar-refractivity contribution in [3.63, 3.8) is 0 Å². The van der Waals surface area contributed by atoms with Gasteiger partial charge in [-0.3, -0.25) is 0 Å². The molecule has 0 aliphatic heterocycles. The van der Waals surface area contributed by atoms with Crippen LogP contribution in [-0.4, -0.2) is 25.3 Å². The van der Waals surface area contributed by atoms with E-state index in [0.29, 0.717) is 48.1 Å². The molecule has 0 bridgehead atoms. The van der Waals surface area contributed by atoms with Gasteiger partial charge in [-0.15, -0.1) is 0 Å². The highest BCUT2D eigenvalue weighted by molar-refractivity contribution is 6.31. The molecule has 3 rings (SSSR count). The number of hydrogen-bond donors (Lipinski definition) is 0. The van der Waals surface area contributed by atoms with E-state index < -0.39 is 0 Å². The minimum Gasteiger partial charge on any atom is -0.497 e. The number of halogens is 1. The number of aromatic nitrogens is 1. The molecule has 5 nitrogen and oxygen atoms in total. The lowest BCUT2D eigenvalue weighted by atomic mass is 10.00. The Kier molecular flexibility index (Phi) is 7.07. The van der Waals surface area contributed by atoms with Crippen molar-refractivity contribution in [2.24, 2.45) is 0 Å². The van der Waals surface area contributed by atoms with Crippen molar-refractivity contribution < 1.29 is 14.2 Å². The van der Waals surface area contributed by atoms with E-state index in [-0.39, 0.29) is 5.15 Å². The molecule has 0 amide bonds. The molecule has 0 unspecified atom stereocenters.